The molecule has 1 heteroatoms. The van der Waals surface area contributed by atoms with Crippen molar-refractivity contribution in [1.82, 2.24) is 0 Å². The number of hydrogen-bond donors (Lipinski definition) is 0. The summed E-state index contributed by atoms with van der Waals surface area (Å²) in [6.45, 7) is 6.79. The van der Waals surface area contributed by atoms with Crippen molar-refractivity contribution in [3.05, 3.63) is 30.3 Å². The lowest BCUT2D eigenvalue weighted by Gasteiger charge is -2.14. The van der Waals surface area contributed by atoms with Crippen LogP contribution in [-0.4, -0.2) is 8.07 Å². The van der Waals surface area contributed by atoms with E-state index in [2.05, 4.69) is 61.8 Å². The summed E-state index contributed by atoms with van der Waals surface area (Å²) in [7, 11) is -1.48. The highest BCUT2D eigenvalue weighted by Crippen LogP contribution is 2.01. The zero-order valence-corrected chi connectivity index (χ0v) is 10.3. The first kappa shape index (κ1) is 11.1. The second-order valence-electron chi connectivity index (χ2n) is 4.04. The minimum Gasteiger partial charge on any atom is -0.126 e. The first-order valence-corrected chi connectivity index (χ1v) is 8.22. The van der Waals surface area contributed by atoms with E-state index in [-0.39, 0.29) is 0 Å². The molecular formula is C13H18Si. The maximum absolute atomic E-state index is 3.47. The molecule has 1 aromatic rings. The van der Waals surface area contributed by atoms with Gasteiger partial charge in [0.25, 0.3) is 0 Å². The minimum absolute atomic E-state index is 1.03. The number of rotatable bonds is 2. The molecule has 0 saturated carbocycles. The molecule has 0 aliphatic heterocycles. The van der Waals surface area contributed by atoms with Gasteiger partial charge in [0.05, 0.1) is 0 Å². The zero-order valence-electron chi connectivity index (χ0n) is 9.30. The summed E-state index contributed by atoms with van der Waals surface area (Å²) < 4.78 is 0. The summed E-state index contributed by atoms with van der Waals surface area (Å²) in [6, 6.07) is 10.7. The fourth-order valence-electron chi connectivity index (χ4n) is 1.34. The van der Waals surface area contributed by atoms with Crippen molar-refractivity contribution >= 4 is 13.3 Å². The third-order valence-electron chi connectivity index (χ3n) is 2.27. The second kappa shape index (κ2) is 5.02. The molecular weight excluding hydrogens is 184 g/mol. The van der Waals surface area contributed by atoms with Crippen LogP contribution in [-0.2, 0) is 0 Å². The Morgan fingerprint density at radius 2 is 1.79 bits per heavy atom. The molecule has 0 radical (unpaired) electrons. The molecule has 0 spiro atoms. The molecule has 1 rings (SSSR count). The molecule has 0 bridgehead atoms. The Morgan fingerprint density at radius 3 is 2.36 bits per heavy atom. The quantitative estimate of drug-likeness (QED) is 0.511. The van der Waals surface area contributed by atoms with E-state index in [1.807, 2.05) is 0 Å². The summed E-state index contributed by atoms with van der Waals surface area (Å²) >= 11 is 0. The van der Waals surface area contributed by atoms with Crippen molar-refractivity contribution in [2.75, 3.05) is 0 Å². The van der Waals surface area contributed by atoms with Gasteiger partial charge < -0.3 is 0 Å². The highest BCUT2D eigenvalue weighted by Gasteiger charge is 2.19. The Kier molecular flexibility index (Phi) is 3.97. The smallest absolute Gasteiger partial charge is 0.126 e. The fourth-order valence-corrected chi connectivity index (χ4v) is 3.07. The third kappa shape index (κ3) is 3.05. The topological polar surface area (TPSA) is 0 Å². The molecule has 0 heterocycles. The molecule has 0 fully saturated rings. The molecule has 1 aromatic carbocycles. The highest BCUT2D eigenvalue weighted by molar-refractivity contribution is 6.96. The molecule has 0 amide bonds. The molecule has 0 aliphatic carbocycles. The maximum atomic E-state index is 3.47. The lowest BCUT2D eigenvalue weighted by molar-refractivity contribution is 0.984. The van der Waals surface area contributed by atoms with Crippen molar-refractivity contribution in [2.24, 2.45) is 0 Å². The van der Waals surface area contributed by atoms with Crippen LogP contribution in [0.25, 0.3) is 0 Å². The van der Waals surface area contributed by atoms with E-state index in [0.717, 1.165) is 12.8 Å². The van der Waals surface area contributed by atoms with E-state index in [1.54, 1.807) is 0 Å². The number of unbranched alkanes of at least 4 members (excludes halogenated alkanes) is 1. The van der Waals surface area contributed by atoms with Gasteiger partial charge >= 0.3 is 0 Å². The summed E-state index contributed by atoms with van der Waals surface area (Å²) in [6.07, 6.45) is 2.19. The van der Waals surface area contributed by atoms with Crippen LogP contribution in [0, 0.1) is 11.5 Å². The van der Waals surface area contributed by atoms with Gasteiger partial charge in [0, 0.05) is 6.42 Å². The van der Waals surface area contributed by atoms with Gasteiger partial charge in [-0.2, -0.15) is 0 Å². The van der Waals surface area contributed by atoms with Gasteiger partial charge in [-0.15, -0.1) is 11.5 Å². The normalized spacial score (nSPS) is 10.5. The van der Waals surface area contributed by atoms with Crippen LogP contribution in [0.3, 0.4) is 0 Å². The van der Waals surface area contributed by atoms with Crippen molar-refractivity contribution < 1.29 is 0 Å². The largest absolute Gasteiger partial charge is 0.162 e. The third-order valence-corrected chi connectivity index (χ3v) is 4.85. The zero-order chi connectivity index (χ0) is 10.4. The SMILES string of the molecule is CCCC#C[Si](C)(C)c1ccccc1. The van der Waals surface area contributed by atoms with Crippen molar-refractivity contribution in [3.8, 4) is 11.5 Å². The van der Waals surface area contributed by atoms with Gasteiger partial charge in [-0.25, -0.2) is 0 Å². The Hall–Kier alpha value is -1.00. The molecule has 0 aromatic heterocycles. The van der Waals surface area contributed by atoms with Crippen LogP contribution < -0.4 is 5.19 Å². The highest BCUT2D eigenvalue weighted by atomic mass is 28.3. The lowest BCUT2D eigenvalue weighted by Crippen LogP contribution is -2.39. The van der Waals surface area contributed by atoms with E-state index in [1.165, 1.54) is 5.19 Å². The van der Waals surface area contributed by atoms with Crippen molar-refractivity contribution in [1.29, 1.82) is 0 Å². The van der Waals surface area contributed by atoms with Crippen LogP contribution in [0.4, 0.5) is 0 Å². The van der Waals surface area contributed by atoms with Gasteiger partial charge in [-0.1, -0.05) is 50.3 Å². The average molecular weight is 202 g/mol. The maximum Gasteiger partial charge on any atom is 0.162 e. The molecule has 0 saturated heterocycles. The summed E-state index contributed by atoms with van der Waals surface area (Å²) in [5, 5.41) is 1.43. The summed E-state index contributed by atoms with van der Waals surface area (Å²) in [4.78, 5) is 0. The van der Waals surface area contributed by atoms with Crippen LogP contribution in [0.5, 0.6) is 0 Å². The number of hydrogen-bond acceptors (Lipinski definition) is 0. The Morgan fingerprint density at radius 1 is 1.14 bits per heavy atom. The Bertz CT molecular complexity index is 327. The predicted octanol–water partition coefficient (Wildman–Crippen LogP) is 2.94. The van der Waals surface area contributed by atoms with E-state index in [9.17, 15) is 0 Å². The van der Waals surface area contributed by atoms with Gasteiger partial charge in [-0.3, -0.25) is 0 Å². The number of benzene rings is 1. The van der Waals surface area contributed by atoms with Gasteiger partial charge in [0.1, 0.15) is 0 Å². The van der Waals surface area contributed by atoms with Gasteiger partial charge in [0.15, 0.2) is 8.07 Å². The lowest BCUT2D eigenvalue weighted by atomic mass is 10.4. The first-order valence-electron chi connectivity index (χ1n) is 5.22. The summed E-state index contributed by atoms with van der Waals surface area (Å²) in [5.74, 6) is 3.29. The second-order valence-corrected chi connectivity index (χ2v) is 8.12. The van der Waals surface area contributed by atoms with Crippen LogP contribution in [0.2, 0.25) is 13.1 Å². The van der Waals surface area contributed by atoms with E-state index >= 15 is 0 Å². The molecule has 74 valence electrons. The molecule has 0 nitrogen and oxygen atoms in total. The molecule has 0 N–H and O–H groups in total. The first-order chi connectivity index (χ1) is 6.67. The van der Waals surface area contributed by atoms with Gasteiger partial charge in [0.2, 0.25) is 0 Å². The predicted molar refractivity (Wildman–Crippen MR) is 66.2 cm³/mol. The standard InChI is InChI=1S/C13H18Si/c1-4-5-9-12-14(2,3)13-10-7-6-8-11-13/h6-8,10-11H,4-5H2,1-3H3. The summed E-state index contributed by atoms with van der Waals surface area (Å²) in [5.41, 5.74) is 3.47. The minimum atomic E-state index is -1.48. The monoisotopic (exact) mass is 202 g/mol. The van der Waals surface area contributed by atoms with Crippen LogP contribution in [0.15, 0.2) is 30.3 Å². The Labute approximate surface area is 88.4 Å². The van der Waals surface area contributed by atoms with Crippen molar-refractivity contribution in [3.63, 3.8) is 0 Å². The molecule has 0 atom stereocenters. The van der Waals surface area contributed by atoms with Crippen molar-refractivity contribution in [2.45, 2.75) is 32.9 Å². The fraction of sp³-hybridized carbons (Fsp3) is 0.385. The molecule has 0 unspecified atom stereocenters. The van der Waals surface area contributed by atoms with Crippen LogP contribution in [0.1, 0.15) is 19.8 Å². The van der Waals surface area contributed by atoms with E-state index in [4.69, 9.17) is 0 Å². The molecule has 14 heavy (non-hydrogen) atoms. The average Bonchev–Trinajstić information content (AvgIpc) is 2.19. The van der Waals surface area contributed by atoms with Crippen LogP contribution >= 0.6 is 0 Å². The molecule has 0 aliphatic rings. The van der Waals surface area contributed by atoms with E-state index < -0.39 is 8.07 Å². The Balaban J connectivity index is 2.82. The van der Waals surface area contributed by atoms with E-state index in [0.29, 0.717) is 0 Å². The van der Waals surface area contributed by atoms with Gasteiger partial charge in [-0.05, 0) is 11.6 Å².